The maximum Gasteiger partial charge on any atom is 0.316 e. The number of ether oxygens (including phenoxy) is 10. The van der Waals surface area contributed by atoms with Crippen molar-refractivity contribution < 1.29 is 67.2 Å². The first-order valence-corrected chi connectivity index (χ1v) is 24.2. The van der Waals surface area contributed by atoms with Crippen LogP contribution < -0.4 is 0 Å². The van der Waals surface area contributed by atoms with E-state index in [1.165, 1.54) is 6.92 Å². The molecule has 0 aromatic rings. The third kappa shape index (κ3) is 10.4. The van der Waals surface area contributed by atoms with E-state index in [4.69, 9.17) is 47.4 Å². The van der Waals surface area contributed by atoms with Gasteiger partial charge < -0.3 is 62.5 Å². The van der Waals surface area contributed by atoms with Crippen molar-refractivity contribution in [2.24, 2.45) is 23.7 Å². The fraction of sp³-hybridized carbons (Fsp3) is 0.765. The molecule has 2 bridgehead atoms. The molecule has 6 heterocycles. The van der Waals surface area contributed by atoms with Gasteiger partial charge in [0, 0.05) is 65.7 Å². The van der Waals surface area contributed by atoms with E-state index in [0.29, 0.717) is 36.8 Å². The number of aliphatic hydroxyl groups is 2. The molecule has 20 atom stereocenters. The molecule has 0 aromatic carbocycles. The number of nitrogens with zero attached hydrogens (tertiary/aromatic N) is 1. The number of likely N-dealkylation sites (N-methyl/N-ethyl adjacent to an activating group) is 1. The molecule has 0 unspecified atom stereocenters. The van der Waals surface area contributed by atoms with E-state index in [1.807, 2.05) is 39.0 Å². The second-order valence-corrected chi connectivity index (χ2v) is 20.1. The summed E-state index contributed by atoms with van der Waals surface area (Å²) < 4.78 is 64.7. The smallest absolute Gasteiger partial charge is 0.316 e. The first-order chi connectivity index (χ1) is 31.3. The lowest BCUT2D eigenvalue weighted by Gasteiger charge is -2.48. The van der Waals surface area contributed by atoms with Gasteiger partial charge >= 0.3 is 5.97 Å². The highest BCUT2D eigenvalue weighted by Crippen LogP contribution is 2.47. The first-order valence-electron chi connectivity index (χ1n) is 24.2. The Bertz CT molecular complexity index is 1880. The number of aliphatic hydroxyl groups excluding tert-OH is 1. The van der Waals surface area contributed by atoms with Crippen molar-refractivity contribution in [2.75, 3.05) is 27.9 Å². The van der Waals surface area contributed by atoms with E-state index < -0.39 is 84.7 Å². The molecule has 1 aliphatic carbocycles. The van der Waals surface area contributed by atoms with Gasteiger partial charge in [-0.2, -0.15) is 0 Å². The van der Waals surface area contributed by atoms with Gasteiger partial charge in [0.25, 0.3) is 0 Å². The van der Waals surface area contributed by atoms with Crippen molar-refractivity contribution in [3.8, 4) is 0 Å². The van der Waals surface area contributed by atoms with Crippen LogP contribution in [0.3, 0.4) is 0 Å². The number of fused-ring (bicyclic) bond motifs is 2. The number of hydrogen-bond acceptors (Lipinski definition) is 14. The summed E-state index contributed by atoms with van der Waals surface area (Å²) in [5, 5.41) is 23.8. The van der Waals surface area contributed by atoms with Crippen LogP contribution in [0.4, 0.5) is 0 Å². The van der Waals surface area contributed by atoms with Gasteiger partial charge in [0.15, 0.2) is 18.4 Å². The molecule has 15 nitrogen and oxygen atoms in total. The van der Waals surface area contributed by atoms with E-state index in [2.05, 4.69) is 39.8 Å². The van der Waals surface area contributed by atoms with Gasteiger partial charge in [-0.05, 0) is 62.8 Å². The standard InChI is InChI=1S/C51H77NO14/c1-13-27(2)46-30(5)19-20-50(66-46)25-37-22-36(65-50)18-17-29(4)45(28(3)15-14-16-35-26-59-48-44(54)31(6)21-38(49(55)62-37)51(35,48)56)63-42-24-40(58-12)47(33(8)61-42)64-41-23-39(57-11)43(32(7)60-41)52(10)34(9)53/h14-17,19-21,27-28,30,32-33,36-48,54,56H,13,18,22-26H2,1-12H3/b15-14+,29-17+,35-16+/t27-,28-,30-,32-,33-,36+,37-,38-,39-,40-,41-,42-,43+,44+,45-,46+,47-,48+,50+,51+/m0/s1. The predicted octanol–water partition coefficient (Wildman–Crippen LogP) is 5.86. The van der Waals surface area contributed by atoms with Crippen LogP contribution in [0.1, 0.15) is 101 Å². The minimum Gasteiger partial charge on any atom is -0.462 e. The summed E-state index contributed by atoms with van der Waals surface area (Å²) in [6.07, 6.45) is 9.51. The van der Waals surface area contributed by atoms with Crippen LogP contribution >= 0.6 is 0 Å². The fourth-order valence-electron chi connectivity index (χ4n) is 11.3. The number of hydrogen-bond donors (Lipinski definition) is 2. The molecule has 66 heavy (non-hydrogen) atoms. The van der Waals surface area contributed by atoms with Crippen molar-refractivity contribution in [3.05, 3.63) is 59.3 Å². The molecule has 1 spiro atoms. The Morgan fingerprint density at radius 3 is 2.33 bits per heavy atom. The Morgan fingerprint density at radius 1 is 0.939 bits per heavy atom. The van der Waals surface area contributed by atoms with Gasteiger partial charge in [-0.1, -0.05) is 70.6 Å². The number of allylic oxidation sites excluding steroid dienone is 2. The zero-order valence-electron chi connectivity index (χ0n) is 41.1. The summed E-state index contributed by atoms with van der Waals surface area (Å²) >= 11 is 0. The Labute approximate surface area is 391 Å². The minimum atomic E-state index is -1.84. The van der Waals surface area contributed by atoms with Crippen molar-refractivity contribution in [1.29, 1.82) is 0 Å². The number of esters is 1. The molecule has 0 saturated carbocycles. The summed E-state index contributed by atoms with van der Waals surface area (Å²) in [5.74, 6) is -2.67. The Kier molecular flexibility index (Phi) is 16.3. The van der Waals surface area contributed by atoms with E-state index in [-0.39, 0.29) is 61.0 Å². The molecule has 370 valence electrons. The Hall–Kier alpha value is -2.80. The lowest BCUT2D eigenvalue weighted by Crippen LogP contribution is -2.59. The molecule has 4 saturated heterocycles. The van der Waals surface area contributed by atoms with Crippen LogP contribution in [0.25, 0.3) is 0 Å². The maximum atomic E-state index is 14.4. The number of amides is 1. The summed E-state index contributed by atoms with van der Waals surface area (Å²) in [7, 11) is 5.05. The Morgan fingerprint density at radius 2 is 1.64 bits per heavy atom. The highest BCUT2D eigenvalue weighted by atomic mass is 16.7. The summed E-state index contributed by atoms with van der Waals surface area (Å²) in [6.45, 7) is 17.8. The fourth-order valence-corrected chi connectivity index (χ4v) is 11.3. The molecule has 2 N–H and O–H groups in total. The summed E-state index contributed by atoms with van der Waals surface area (Å²) in [6, 6.07) is -0.264. The SMILES string of the molecule is CC[C@H](C)[C@H]1O[C@]2(C=C[C@@H]1C)C[C@@H]1C[C@@H](C/C=C(\C)[C@@H](O[C@H]3C[C@H](OC)[C@@H](O[C@H]4C[C@H](OC)[C@H](N(C)C(C)=O)[C@H](C)O4)[C@H](C)O3)[C@@H](C)/C=C/C=C3\CO[C@@H]4[C@H](O)C(C)=C[C@@H](C(=O)O1)[C@]34O)O2. The molecule has 7 rings (SSSR count). The summed E-state index contributed by atoms with van der Waals surface area (Å²) in [5.41, 5.74) is 0.118. The lowest BCUT2D eigenvalue weighted by atomic mass is 9.71. The monoisotopic (exact) mass is 928 g/mol. The second-order valence-electron chi connectivity index (χ2n) is 20.1. The molecule has 15 heteroatoms. The Balaban J connectivity index is 1.16. The normalized spacial score (nSPS) is 46.8. The first kappa shape index (κ1) is 51.1. The third-order valence-electron chi connectivity index (χ3n) is 15.4. The van der Waals surface area contributed by atoms with Crippen LogP contribution in [0, 0.1) is 23.7 Å². The van der Waals surface area contributed by atoms with Gasteiger partial charge in [0.2, 0.25) is 5.91 Å². The zero-order valence-corrected chi connectivity index (χ0v) is 41.1. The van der Waals surface area contributed by atoms with Crippen molar-refractivity contribution in [3.63, 3.8) is 0 Å². The molecule has 7 aliphatic rings. The zero-order chi connectivity index (χ0) is 47.8. The van der Waals surface area contributed by atoms with Crippen molar-refractivity contribution in [1.82, 2.24) is 4.90 Å². The highest BCUT2D eigenvalue weighted by molar-refractivity contribution is 5.78. The van der Waals surface area contributed by atoms with Gasteiger partial charge in [0.1, 0.15) is 35.9 Å². The molecule has 6 aliphatic heterocycles. The van der Waals surface area contributed by atoms with Gasteiger partial charge in [-0.3, -0.25) is 9.59 Å². The third-order valence-corrected chi connectivity index (χ3v) is 15.4. The van der Waals surface area contributed by atoms with E-state index in [9.17, 15) is 19.8 Å². The molecular weight excluding hydrogens is 851 g/mol. The molecule has 1 amide bonds. The average Bonchev–Trinajstić information content (AvgIpc) is 3.62. The molecule has 0 aromatic heterocycles. The number of carbonyl (C=O) groups is 2. The molecule has 4 fully saturated rings. The average molecular weight is 928 g/mol. The lowest BCUT2D eigenvalue weighted by molar-refractivity contribution is -0.314. The molecule has 0 radical (unpaired) electrons. The summed E-state index contributed by atoms with van der Waals surface area (Å²) in [4.78, 5) is 28.3. The predicted molar refractivity (Wildman–Crippen MR) is 244 cm³/mol. The van der Waals surface area contributed by atoms with Gasteiger partial charge in [-0.25, -0.2) is 0 Å². The van der Waals surface area contributed by atoms with Crippen molar-refractivity contribution in [2.45, 2.75) is 198 Å². The van der Waals surface area contributed by atoms with Crippen LogP contribution in [0.15, 0.2) is 59.3 Å². The van der Waals surface area contributed by atoms with Gasteiger partial charge in [-0.15, -0.1) is 0 Å². The number of methoxy groups -OCH3 is 2. The van der Waals surface area contributed by atoms with Crippen LogP contribution in [0.5, 0.6) is 0 Å². The minimum absolute atomic E-state index is 0.0272. The van der Waals surface area contributed by atoms with Crippen LogP contribution in [0.2, 0.25) is 0 Å². The van der Waals surface area contributed by atoms with E-state index in [1.54, 1.807) is 45.2 Å². The van der Waals surface area contributed by atoms with Crippen LogP contribution in [-0.2, 0) is 57.0 Å². The topological polar surface area (TPSA) is 170 Å². The quantitative estimate of drug-likeness (QED) is 0.208. The molecular formula is C51H77NO14. The largest absolute Gasteiger partial charge is 0.462 e. The van der Waals surface area contributed by atoms with E-state index in [0.717, 1.165) is 12.0 Å². The number of rotatable bonds is 9. The van der Waals surface area contributed by atoms with Crippen molar-refractivity contribution >= 4 is 11.9 Å². The van der Waals surface area contributed by atoms with Crippen LogP contribution in [-0.4, -0.2) is 152 Å². The second kappa shape index (κ2) is 21.1. The maximum absolute atomic E-state index is 14.4. The number of carbonyl (C=O) groups excluding carboxylic acids is 2. The van der Waals surface area contributed by atoms with E-state index >= 15 is 0 Å². The van der Waals surface area contributed by atoms with Gasteiger partial charge in [0.05, 0.1) is 55.4 Å². The highest BCUT2D eigenvalue weighted by Gasteiger charge is 2.60.